The molecule has 0 saturated carbocycles. The average Bonchev–Trinajstić information content (AvgIpc) is 1.53. The van der Waals surface area contributed by atoms with Gasteiger partial charge in [0.2, 0.25) is 24.9 Å². The molecule has 8 rings (SSSR count). The Morgan fingerprint density at radius 2 is 1.25 bits per heavy atom. The van der Waals surface area contributed by atoms with Gasteiger partial charge < -0.3 is 47.7 Å². The Labute approximate surface area is 675 Å². The predicted molar refractivity (Wildman–Crippen MR) is 430 cm³/mol. The van der Waals surface area contributed by atoms with Crippen LogP contribution in [0.4, 0.5) is 5.95 Å². The van der Waals surface area contributed by atoms with Crippen LogP contribution in [0.5, 0.6) is 5.75 Å². The van der Waals surface area contributed by atoms with Gasteiger partial charge in [0.05, 0.1) is 39.2 Å². The summed E-state index contributed by atoms with van der Waals surface area (Å²) >= 11 is 0. The first kappa shape index (κ1) is 93.7. The van der Waals surface area contributed by atoms with Crippen LogP contribution in [0.25, 0.3) is 20.9 Å². The molecule has 640 valence electrons. The van der Waals surface area contributed by atoms with Crippen LogP contribution < -0.4 is 38.1 Å². The fraction of sp³-hybridized carbons (Fsp3) is 0.679. The molecule has 0 radical (unpaired) electrons. The van der Waals surface area contributed by atoms with Gasteiger partial charge in [-0.3, -0.25) is 84.9 Å². The minimum Gasteiger partial charge on any atom is -0.493 e. The van der Waals surface area contributed by atoms with Crippen molar-refractivity contribution >= 4 is 64.6 Å². The van der Waals surface area contributed by atoms with Crippen LogP contribution in [-0.4, -0.2) is 171 Å². The number of phosphoric ester groups is 2. The summed E-state index contributed by atoms with van der Waals surface area (Å²) in [5.41, 5.74) is -3.43. The number of ketones is 1. The normalized spacial score (nSPS) is 21.4. The molecule has 0 aliphatic carbocycles. The van der Waals surface area contributed by atoms with Crippen LogP contribution in [-0.2, 0) is 74.0 Å². The Bertz CT molecular complexity index is 4710. The van der Waals surface area contributed by atoms with Gasteiger partial charge in [0.25, 0.3) is 22.6 Å². The molecule has 0 spiro atoms. The maximum atomic E-state index is 15.6. The van der Waals surface area contributed by atoms with E-state index in [0.29, 0.717) is 22.5 Å². The maximum absolute atomic E-state index is 15.6. The Morgan fingerprint density at radius 1 is 0.690 bits per heavy atom. The summed E-state index contributed by atoms with van der Waals surface area (Å²) in [6.07, 6.45) is 6.69. The van der Waals surface area contributed by atoms with Gasteiger partial charge in [-0.1, -0.05) is 138 Å². The number of H-pyrrole nitrogens is 2. The minimum absolute atomic E-state index is 0.0200. The molecule has 0 bridgehead atoms. The molecule has 4 aromatic heterocycles. The highest BCUT2D eigenvalue weighted by molar-refractivity contribution is 7.48. The molecule has 4 N–H and O–H groups in total. The molecule has 3 fully saturated rings. The number of hydrogen-bond acceptors (Lipinski definition) is 26. The zero-order valence-electron chi connectivity index (χ0n) is 68.8. The van der Waals surface area contributed by atoms with Crippen molar-refractivity contribution in [1.29, 1.82) is 0 Å². The third kappa shape index (κ3) is 25.4. The van der Waals surface area contributed by atoms with Crippen LogP contribution >= 0.6 is 15.6 Å². The molecule has 116 heavy (non-hydrogen) atoms. The Hall–Kier alpha value is -7.77. The number of aliphatic hydroxyl groups excluding tert-OH is 1. The fourth-order valence-electron chi connectivity index (χ4n) is 13.2. The molecule has 1 amide bonds. The van der Waals surface area contributed by atoms with Gasteiger partial charge in [-0.05, 0) is 82.4 Å². The Kier molecular flexibility index (Phi) is 35.0. The van der Waals surface area contributed by atoms with Gasteiger partial charge >= 0.3 is 33.0 Å². The molecule has 5 aromatic rings. The number of fused-ring (bicyclic) bond motifs is 1. The average molecular weight is 1680 g/mol. The highest BCUT2D eigenvalue weighted by atomic mass is 31.2. The van der Waals surface area contributed by atoms with Crippen molar-refractivity contribution in [3.63, 3.8) is 0 Å². The van der Waals surface area contributed by atoms with Crippen molar-refractivity contribution in [2.45, 2.75) is 284 Å². The number of rotatable bonds is 47. The quantitative estimate of drug-likeness (QED) is 0.00924. The first-order chi connectivity index (χ1) is 55.0. The first-order valence-electron chi connectivity index (χ1n) is 40.0. The summed E-state index contributed by atoms with van der Waals surface area (Å²) in [6, 6.07) is 3.04. The monoisotopic (exact) mass is 1680 g/mol. The number of phosphoric acid groups is 2. The Morgan fingerprint density at radius 3 is 1.82 bits per heavy atom. The smallest absolute Gasteiger partial charge is 0.475 e. The number of aromatic amines is 2. The van der Waals surface area contributed by atoms with E-state index >= 15 is 9.13 Å². The van der Waals surface area contributed by atoms with Crippen molar-refractivity contribution in [2.24, 2.45) is 5.92 Å². The zero-order chi connectivity index (χ0) is 84.8. The standard InChI is InChI=1S/C78H115N11O24P2Si/c1-16-17-18-19-20-21-22-23-24-25-26-27-28-29-30-31-36-102-56-40-55(39-50(4)54(56)8)73(97)89-72(96)52(6)44-87(77(89)99)63-41-57(109-64(92)33-32-53(7)91)60(107-63)46-105-114(100,103-37-34-79-12)111-58-42-62(86-43-51(5)70(94)85-76(86)98)108-61(58)47-106-115(101,104-38-35-80-13)112-66-59(45-90)110-74(67(66)113-116(14,15)78(9,10)11)88-48-81-65-68(88)82-75(84-71(65)95)83-69(93)49(2)3/h39-40,43-44,48-49,57-63,66-67,74,90H,16-38,41-42,45-47H2,1-11,14-15H3,(H,85,94,98)(H2,82,83,84,93,95)/t57-,58-,59-,60-,61-,62-,63-,66+,67?,74-,114?,115?/m1/s1. The fourth-order valence-corrected chi connectivity index (χ4v) is 17.3. The van der Waals surface area contributed by atoms with E-state index in [1.807, 2.05) is 40.8 Å². The second kappa shape index (κ2) is 43.3. The SMILES string of the molecule is [C-]#[N+]CCOP(=O)(OC[C@H]1O[C@@H](n2cc(C)c(=O)[nH]c2=O)C[C@H]1OP(=O)(OCC[N+]#[C-])OC[C@H]1O[C@@H](n2cc(C)c(=O)n(C(=O)c3cc(C)c(C)c(OCCCCCCCCCCCCCCCCCC)c3)c2=O)C[C@H]1OC(=O)CCC(C)=O)O[C@@H]1C(O[Si](C)(C)C(C)(C)C)[C@H](n2cnc3c(=O)[nH]c(NC(=O)C(C)C)nc32)O[C@@H]1CO. The number of aryl methyl sites for hydroxylation is 3. The molecular weight excluding hydrogens is 1560 g/mol. The number of Topliss-reactive ketones (excluding diaryl/α,β-unsaturated/α-hetero) is 1. The number of unbranched alkanes of at least 4 members (excludes halogenated alkanes) is 15. The number of amides is 1. The van der Waals surface area contributed by atoms with Crippen LogP contribution in [0.1, 0.15) is 228 Å². The van der Waals surface area contributed by atoms with Crippen LogP contribution in [0.2, 0.25) is 18.1 Å². The number of imidazole rings is 1. The zero-order valence-corrected chi connectivity index (χ0v) is 71.6. The number of nitrogens with zero attached hydrogens (tertiary/aromatic N) is 8. The van der Waals surface area contributed by atoms with Crippen molar-refractivity contribution in [3.8, 4) is 5.75 Å². The van der Waals surface area contributed by atoms with Gasteiger partial charge in [0.15, 0.2) is 25.7 Å². The summed E-state index contributed by atoms with van der Waals surface area (Å²) in [5.74, 6) is -3.02. The number of benzene rings is 1. The maximum Gasteiger partial charge on any atom is 0.475 e. The summed E-state index contributed by atoms with van der Waals surface area (Å²) in [5, 5.41) is 13.2. The number of nitrogens with one attached hydrogen (secondary N) is 3. The number of aromatic nitrogens is 8. The van der Waals surface area contributed by atoms with E-state index in [-0.39, 0.29) is 52.4 Å². The summed E-state index contributed by atoms with van der Waals surface area (Å²) in [7, 11) is -13.4. The van der Waals surface area contributed by atoms with Crippen molar-refractivity contribution < 1.29 is 88.7 Å². The van der Waals surface area contributed by atoms with E-state index in [0.717, 1.165) is 40.4 Å². The van der Waals surface area contributed by atoms with Gasteiger partial charge in [0, 0.05) is 54.3 Å². The number of carbonyl (C=O) groups is 4. The van der Waals surface area contributed by atoms with Gasteiger partial charge in [-0.2, -0.15) is 9.55 Å². The third-order valence-corrected chi connectivity index (χ3v) is 28.5. The molecule has 7 heterocycles. The Balaban J connectivity index is 1.04. The largest absolute Gasteiger partial charge is 0.493 e. The topological polar surface area (TPSA) is 417 Å². The third-order valence-electron chi connectivity index (χ3n) is 21.1. The summed E-state index contributed by atoms with van der Waals surface area (Å²) < 4.78 is 110. The second-order valence-electron chi connectivity index (χ2n) is 31.6. The highest BCUT2D eigenvalue weighted by Gasteiger charge is 2.56. The van der Waals surface area contributed by atoms with E-state index in [2.05, 4.69) is 41.9 Å². The van der Waals surface area contributed by atoms with E-state index in [9.17, 15) is 48.3 Å². The molecule has 12 atom stereocenters. The molecule has 3 unspecified atom stereocenters. The van der Waals surface area contributed by atoms with Crippen LogP contribution in [0, 0.1) is 46.8 Å². The lowest BCUT2D eigenvalue weighted by Gasteiger charge is -2.40. The van der Waals surface area contributed by atoms with Crippen molar-refractivity contribution in [2.75, 3.05) is 58.0 Å². The number of anilines is 1. The lowest BCUT2D eigenvalue weighted by atomic mass is 10.0. The molecule has 3 aliphatic rings. The summed E-state index contributed by atoms with van der Waals surface area (Å²) in [4.78, 5) is 142. The van der Waals surface area contributed by atoms with Crippen molar-refractivity contribution in [3.05, 3.63) is 134 Å². The van der Waals surface area contributed by atoms with E-state index in [1.165, 1.54) is 127 Å². The predicted octanol–water partition coefficient (Wildman–Crippen LogP) is 11.9. The van der Waals surface area contributed by atoms with Gasteiger partial charge in [-0.15, -0.1) is 0 Å². The van der Waals surface area contributed by atoms with E-state index in [4.69, 9.17) is 68.4 Å². The first-order valence-corrected chi connectivity index (χ1v) is 45.9. The lowest BCUT2D eigenvalue weighted by molar-refractivity contribution is -0.153. The minimum atomic E-state index is -5.20. The second-order valence-corrected chi connectivity index (χ2v) is 39.6. The van der Waals surface area contributed by atoms with Crippen LogP contribution in [0.3, 0.4) is 0 Å². The lowest BCUT2D eigenvalue weighted by Crippen LogP contribution is -2.49. The van der Waals surface area contributed by atoms with Gasteiger partial charge in [0.1, 0.15) is 79.9 Å². The van der Waals surface area contributed by atoms with E-state index in [1.54, 1.807) is 26.8 Å². The van der Waals surface area contributed by atoms with Crippen molar-refractivity contribution in [1.82, 2.24) is 38.2 Å². The van der Waals surface area contributed by atoms with E-state index < -0.39 is 201 Å². The highest BCUT2D eigenvalue weighted by Crippen LogP contribution is 2.57. The van der Waals surface area contributed by atoms with Crippen LogP contribution in [0.15, 0.2) is 54.8 Å². The molecule has 3 saturated heterocycles. The molecule has 35 nitrogen and oxygen atoms in total. The molecule has 1 aromatic carbocycles. The molecular formula is C78H115N11O24P2Si. The number of esters is 1. The number of ether oxygens (including phenoxy) is 5. The number of aliphatic hydroxyl groups is 1. The number of hydrogen-bond donors (Lipinski definition) is 4. The molecule has 3 aliphatic heterocycles. The molecule has 38 heteroatoms. The summed E-state index contributed by atoms with van der Waals surface area (Å²) in [6.45, 7) is 33.6. The van der Waals surface area contributed by atoms with Gasteiger partial charge in [-0.25, -0.2) is 36.8 Å². The number of carbonyl (C=O) groups excluding carboxylic acids is 4.